The van der Waals surface area contributed by atoms with Crippen molar-refractivity contribution < 1.29 is 13.6 Å². The number of carbonyl (C=O) groups excluding carboxylic acids is 1. The fourth-order valence-corrected chi connectivity index (χ4v) is 1.92. The minimum atomic E-state index is -0.271. The smallest absolute Gasteiger partial charge is 0.220 e. The number of benzene rings is 1. The highest BCUT2D eigenvalue weighted by Gasteiger charge is 2.08. The van der Waals surface area contributed by atoms with Gasteiger partial charge in [0.2, 0.25) is 5.91 Å². The van der Waals surface area contributed by atoms with Gasteiger partial charge in [-0.2, -0.15) is 0 Å². The summed E-state index contributed by atoms with van der Waals surface area (Å²) in [5.41, 5.74) is 0.826. The van der Waals surface area contributed by atoms with Crippen LogP contribution >= 0.6 is 0 Å². The molecule has 0 aliphatic carbocycles. The van der Waals surface area contributed by atoms with E-state index in [9.17, 15) is 9.18 Å². The van der Waals surface area contributed by atoms with Crippen molar-refractivity contribution in [2.45, 2.75) is 26.7 Å². The largest absolute Gasteiger partial charge is 0.461 e. The zero-order valence-electron chi connectivity index (χ0n) is 12.4. The molecule has 0 saturated carbocycles. The molecule has 112 valence electrons. The van der Waals surface area contributed by atoms with Crippen LogP contribution in [0, 0.1) is 11.7 Å². The van der Waals surface area contributed by atoms with Gasteiger partial charge < -0.3 is 9.73 Å². The van der Waals surface area contributed by atoms with E-state index in [0.717, 1.165) is 11.3 Å². The first-order chi connectivity index (χ1) is 10.0. The summed E-state index contributed by atoms with van der Waals surface area (Å²) in [4.78, 5) is 11.6. The third-order valence-electron chi connectivity index (χ3n) is 3.10. The molecule has 0 spiro atoms. The van der Waals surface area contributed by atoms with Gasteiger partial charge in [0.05, 0.1) is 0 Å². The summed E-state index contributed by atoms with van der Waals surface area (Å²) in [6, 6.07) is 9.84. The minimum Gasteiger partial charge on any atom is -0.461 e. The lowest BCUT2D eigenvalue weighted by atomic mass is 10.2. The summed E-state index contributed by atoms with van der Waals surface area (Å²) < 4.78 is 18.6. The van der Waals surface area contributed by atoms with Gasteiger partial charge in [-0.05, 0) is 42.3 Å². The lowest BCUT2D eigenvalue weighted by Crippen LogP contribution is -2.27. The monoisotopic (exact) mass is 289 g/mol. The number of aryl methyl sites for hydroxylation is 1. The molecule has 1 aromatic heterocycles. The molecule has 1 aromatic carbocycles. The average Bonchev–Trinajstić information content (AvgIpc) is 2.92. The van der Waals surface area contributed by atoms with Crippen molar-refractivity contribution in [3.05, 3.63) is 48.0 Å². The first-order valence-corrected chi connectivity index (χ1v) is 7.16. The van der Waals surface area contributed by atoms with E-state index in [0.29, 0.717) is 31.1 Å². The summed E-state index contributed by atoms with van der Waals surface area (Å²) in [5.74, 6) is 1.65. The first-order valence-electron chi connectivity index (χ1n) is 7.16. The number of amides is 1. The van der Waals surface area contributed by atoms with Crippen LogP contribution in [0.15, 0.2) is 40.8 Å². The molecule has 0 radical (unpaired) electrons. The SMILES string of the molecule is CC(C)CNC(=O)CCc1ccc(-c2ccc(F)cc2)o1. The van der Waals surface area contributed by atoms with Gasteiger partial charge in [-0.15, -0.1) is 0 Å². The first kappa shape index (κ1) is 15.3. The van der Waals surface area contributed by atoms with Crippen LogP contribution in [0.25, 0.3) is 11.3 Å². The van der Waals surface area contributed by atoms with Crippen molar-refractivity contribution in [3.63, 3.8) is 0 Å². The molecule has 2 aromatic rings. The normalized spacial score (nSPS) is 10.9. The van der Waals surface area contributed by atoms with Crippen molar-refractivity contribution in [2.24, 2.45) is 5.92 Å². The van der Waals surface area contributed by atoms with Crippen molar-refractivity contribution in [1.82, 2.24) is 5.32 Å². The lowest BCUT2D eigenvalue weighted by Gasteiger charge is -2.06. The van der Waals surface area contributed by atoms with E-state index in [-0.39, 0.29) is 11.7 Å². The van der Waals surface area contributed by atoms with Crippen molar-refractivity contribution in [3.8, 4) is 11.3 Å². The van der Waals surface area contributed by atoms with Gasteiger partial charge in [0, 0.05) is 24.9 Å². The highest BCUT2D eigenvalue weighted by Crippen LogP contribution is 2.23. The Kier molecular flexibility index (Phi) is 5.14. The Bertz CT molecular complexity index is 587. The number of hydrogen-bond donors (Lipinski definition) is 1. The summed E-state index contributed by atoms with van der Waals surface area (Å²) >= 11 is 0. The maximum Gasteiger partial charge on any atom is 0.220 e. The van der Waals surface area contributed by atoms with E-state index in [1.54, 1.807) is 12.1 Å². The third-order valence-corrected chi connectivity index (χ3v) is 3.10. The predicted molar refractivity (Wildman–Crippen MR) is 80.3 cm³/mol. The van der Waals surface area contributed by atoms with E-state index in [1.165, 1.54) is 12.1 Å². The molecule has 0 saturated heterocycles. The molecular weight excluding hydrogens is 269 g/mol. The number of rotatable bonds is 6. The molecule has 0 atom stereocenters. The van der Waals surface area contributed by atoms with E-state index < -0.39 is 0 Å². The summed E-state index contributed by atoms with van der Waals surface area (Å²) in [6.07, 6.45) is 0.966. The molecule has 1 heterocycles. The van der Waals surface area contributed by atoms with Crippen LogP contribution in [0.3, 0.4) is 0 Å². The zero-order chi connectivity index (χ0) is 15.2. The van der Waals surface area contributed by atoms with E-state index in [1.807, 2.05) is 12.1 Å². The number of hydrogen-bond acceptors (Lipinski definition) is 2. The van der Waals surface area contributed by atoms with Crippen molar-refractivity contribution in [1.29, 1.82) is 0 Å². The average molecular weight is 289 g/mol. The van der Waals surface area contributed by atoms with Crippen LogP contribution in [0.2, 0.25) is 0 Å². The van der Waals surface area contributed by atoms with Crippen molar-refractivity contribution >= 4 is 5.91 Å². The minimum absolute atomic E-state index is 0.0310. The summed E-state index contributed by atoms with van der Waals surface area (Å²) in [7, 11) is 0. The molecule has 0 aliphatic heterocycles. The molecule has 4 heteroatoms. The quantitative estimate of drug-likeness (QED) is 0.879. The van der Waals surface area contributed by atoms with E-state index in [4.69, 9.17) is 4.42 Å². The molecular formula is C17H20FNO2. The Morgan fingerprint density at radius 1 is 1.19 bits per heavy atom. The highest BCUT2D eigenvalue weighted by atomic mass is 19.1. The van der Waals surface area contributed by atoms with Gasteiger partial charge in [0.25, 0.3) is 0 Å². The van der Waals surface area contributed by atoms with Crippen LogP contribution in [0.4, 0.5) is 4.39 Å². The van der Waals surface area contributed by atoms with Gasteiger partial charge in [0.1, 0.15) is 17.3 Å². The van der Waals surface area contributed by atoms with E-state index >= 15 is 0 Å². The van der Waals surface area contributed by atoms with Gasteiger partial charge in [-0.3, -0.25) is 4.79 Å². The Hall–Kier alpha value is -2.10. The second kappa shape index (κ2) is 7.07. The molecule has 21 heavy (non-hydrogen) atoms. The Balaban J connectivity index is 1.88. The van der Waals surface area contributed by atoms with Gasteiger partial charge in [-0.25, -0.2) is 4.39 Å². The molecule has 3 nitrogen and oxygen atoms in total. The van der Waals surface area contributed by atoms with Gasteiger partial charge in [0.15, 0.2) is 0 Å². The second-order valence-corrected chi connectivity index (χ2v) is 5.47. The summed E-state index contributed by atoms with van der Waals surface area (Å²) in [5, 5.41) is 2.87. The topological polar surface area (TPSA) is 42.2 Å². The maximum atomic E-state index is 12.9. The van der Waals surface area contributed by atoms with Gasteiger partial charge >= 0.3 is 0 Å². The number of halogens is 1. The molecule has 0 unspecified atom stereocenters. The Labute approximate surface area is 124 Å². The molecule has 1 N–H and O–H groups in total. The molecule has 0 aliphatic rings. The van der Waals surface area contributed by atoms with Crippen LogP contribution in [-0.2, 0) is 11.2 Å². The van der Waals surface area contributed by atoms with Crippen LogP contribution < -0.4 is 5.32 Å². The molecule has 0 fully saturated rings. The molecule has 0 bridgehead atoms. The zero-order valence-corrected chi connectivity index (χ0v) is 12.4. The molecule has 1 amide bonds. The van der Waals surface area contributed by atoms with Crippen LogP contribution in [0.1, 0.15) is 26.0 Å². The highest BCUT2D eigenvalue weighted by molar-refractivity contribution is 5.76. The fourth-order valence-electron chi connectivity index (χ4n) is 1.92. The maximum absolute atomic E-state index is 12.9. The van der Waals surface area contributed by atoms with Crippen LogP contribution in [0.5, 0.6) is 0 Å². The molecule has 2 rings (SSSR count). The van der Waals surface area contributed by atoms with Gasteiger partial charge in [-0.1, -0.05) is 13.8 Å². The number of carbonyl (C=O) groups is 1. The predicted octanol–water partition coefficient (Wildman–Crippen LogP) is 3.79. The second-order valence-electron chi connectivity index (χ2n) is 5.47. The Morgan fingerprint density at radius 3 is 2.57 bits per heavy atom. The third kappa shape index (κ3) is 4.74. The number of furan rings is 1. The summed E-state index contributed by atoms with van der Waals surface area (Å²) in [6.45, 7) is 4.81. The Morgan fingerprint density at radius 2 is 1.90 bits per heavy atom. The van der Waals surface area contributed by atoms with Crippen LogP contribution in [-0.4, -0.2) is 12.5 Å². The lowest BCUT2D eigenvalue weighted by molar-refractivity contribution is -0.121. The standard InChI is InChI=1S/C17H20FNO2/c1-12(2)11-19-17(20)10-8-15-7-9-16(21-15)13-3-5-14(18)6-4-13/h3-7,9,12H,8,10-11H2,1-2H3,(H,19,20). The van der Waals surface area contributed by atoms with Crippen molar-refractivity contribution in [2.75, 3.05) is 6.54 Å². The fraction of sp³-hybridized carbons (Fsp3) is 0.353. The number of nitrogens with one attached hydrogen (secondary N) is 1. The van der Waals surface area contributed by atoms with E-state index in [2.05, 4.69) is 19.2 Å².